The molecule has 3 aromatic rings. The van der Waals surface area contributed by atoms with Crippen molar-refractivity contribution < 1.29 is 9.21 Å². The Labute approximate surface area is 102 Å². The van der Waals surface area contributed by atoms with Gasteiger partial charge in [0.25, 0.3) is 5.91 Å². The number of nitrogens with zero attached hydrogens (tertiary/aromatic N) is 2. The number of fused-ring (bicyclic) bond motifs is 1. The van der Waals surface area contributed by atoms with Gasteiger partial charge in [0.2, 0.25) is 0 Å². The monoisotopic (exact) mass is 242 g/mol. The highest BCUT2D eigenvalue weighted by Crippen LogP contribution is 2.16. The predicted molar refractivity (Wildman–Crippen MR) is 65.3 cm³/mol. The zero-order valence-electron chi connectivity index (χ0n) is 9.60. The van der Waals surface area contributed by atoms with E-state index in [0.717, 1.165) is 10.9 Å². The maximum absolute atomic E-state index is 12.0. The fraction of sp³-hybridized carbons (Fsp3) is 0.0833. The van der Waals surface area contributed by atoms with Gasteiger partial charge in [-0.15, -0.1) is 0 Å². The highest BCUT2D eigenvalue weighted by atomic mass is 16.4. The lowest BCUT2D eigenvalue weighted by molar-refractivity contribution is 0.102. The number of amides is 1. The van der Waals surface area contributed by atoms with Crippen molar-refractivity contribution >= 4 is 22.8 Å². The molecule has 1 aromatic carbocycles. The number of carbonyl (C=O) groups excluding carboxylic acids is 1. The van der Waals surface area contributed by atoms with Crippen LogP contribution in [0.25, 0.3) is 10.9 Å². The molecular formula is C12H10N4O2. The van der Waals surface area contributed by atoms with Gasteiger partial charge in [-0.05, 0) is 13.0 Å². The third kappa shape index (κ3) is 1.73. The van der Waals surface area contributed by atoms with Gasteiger partial charge < -0.3 is 4.42 Å². The van der Waals surface area contributed by atoms with Crippen LogP contribution in [0.5, 0.6) is 0 Å². The van der Waals surface area contributed by atoms with Crippen molar-refractivity contribution in [2.75, 3.05) is 5.32 Å². The van der Waals surface area contributed by atoms with Crippen molar-refractivity contribution in [3.05, 3.63) is 41.9 Å². The van der Waals surface area contributed by atoms with Crippen molar-refractivity contribution in [3.63, 3.8) is 0 Å². The lowest BCUT2D eigenvalue weighted by Crippen LogP contribution is -2.12. The summed E-state index contributed by atoms with van der Waals surface area (Å²) in [6.07, 6.45) is 1.54. The van der Waals surface area contributed by atoms with Gasteiger partial charge in [0.15, 0.2) is 5.69 Å². The first-order valence-electron chi connectivity index (χ1n) is 5.41. The van der Waals surface area contributed by atoms with E-state index in [-0.39, 0.29) is 11.9 Å². The van der Waals surface area contributed by atoms with E-state index in [1.54, 1.807) is 6.92 Å². The number of hydrogen-bond donors (Lipinski definition) is 2. The van der Waals surface area contributed by atoms with Gasteiger partial charge in [0.1, 0.15) is 5.76 Å². The molecule has 6 nitrogen and oxygen atoms in total. The molecule has 0 aliphatic heterocycles. The zero-order chi connectivity index (χ0) is 12.5. The molecule has 18 heavy (non-hydrogen) atoms. The normalized spacial score (nSPS) is 10.7. The van der Waals surface area contributed by atoms with Crippen LogP contribution >= 0.6 is 0 Å². The van der Waals surface area contributed by atoms with Gasteiger partial charge in [0, 0.05) is 5.39 Å². The van der Waals surface area contributed by atoms with Crippen molar-refractivity contribution in [2.45, 2.75) is 6.92 Å². The second kappa shape index (κ2) is 3.99. The minimum atomic E-state index is -0.352. The summed E-state index contributed by atoms with van der Waals surface area (Å²) in [6.45, 7) is 1.76. The summed E-state index contributed by atoms with van der Waals surface area (Å²) in [7, 11) is 0. The fourth-order valence-corrected chi connectivity index (χ4v) is 1.71. The number of hydrogen-bond acceptors (Lipinski definition) is 4. The smallest absolute Gasteiger partial charge is 0.301 e. The first-order valence-corrected chi connectivity index (χ1v) is 5.41. The standard InChI is InChI=1S/C12H10N4O2/c1-7-6-13-12(18-7)14-11(17)10-8-4-2-3-5-9(8)15-16-10/h2-6H,1H3,(H,15,16)(H,13,14,17). The molecule has 1 amide bonds. The molecular weight excluding hydrogens is 232 g/mol. The topological polar surface area (TPSA) is 83.8 Å². The van der Waals surface area contributed by atoms with Crippen LogP contribution in [0.1, 0.15) is 16.2 Å². The number of aryl methyl sites for hydroxylation is 1. The zero-order valence-corrected chi connectivity index (χ0v) is 9.60. The van der Waals surface area contributed by atoms with Crippen LogP contribution < -0.4 is 5.32 Å². The average molecular weight is 242 g/mol. The molecule has 0 radical (unpaired) electrons. The molecule has 0 fully saturated rings. The summed E-state index contributed by atoms with van der Waals surface area (Å²) in [6, 6.07) is 7.58. The van der Waals surface area contributed by atoms with Crippen LogP contribution in [0.4, 0.5) is 6.01 Å². The number of oxazole rings is 1. The number of nitrogens with one attached hydrogen (secondary N) is 2. The number of para-hydroxylation sites is 1. The van der Waals surface area contributed by atoms with Crippen LogP contribution in [-0.2, 0) is 0 Å². The molecule has 3 rings (SSSR count). The van der Waals surface area contributed by atoms with E-state index in [2.05, 4.69) is 20.5 Å². The highest BCUT2D eigenvalue weighted by Gasteiger charge is 2.15. The average Bonchev–Trinajstić information content (AvgIpc) is 2.95. The number of aromatic amines is 1. The van der Waals surface area contributed by atoms with E-state index in [1.165, 1.54) is 6.20 Å². The van der Waals surface area contributed by atoms with Crippen LogP contribution in [0, 0.1) is 6.92 Å². The van der Waals surface area contributed by atoms with Crippen molar-refractivity contribution in [3.8, 4) is 0 Å². The molecule has 0 aliphatic carbocycles. The van der Waals surface area contributed by atoms with Crippen molar-refractivity contribution in [1.82, 2.24) is 15.2 Å². The van der Waals surface area contributed by atoms with E-state index < -0.39 is 0 Å². The maximum atomic E-state index is 12.0. The number of carbonyl (C=O) groups is 1. The van der Waals surface area contributed by atoms with Gasteiger partial charge in [0.05, 0.1) is 11.7 Å². The quantitative estimate of drug-likeness (QED) is 0.720. The third-order valence-corrected chi connectivity index (χ3v) is 2.53. The molecule has 0 bridgehead atoms. The van der Waals surface area contributed by atoms with Gasteiger partial charge in [-0.1, -0.05) is 18.2 Å². The Morgan fingerprint density at radius 2 is 2.22 bits per heavy atom. The summed E-state index contributed by atoms with van der Waals surface area (Å²) in [5.74, 6) is 0.284. The molecule has 0 unspecified atom stereocenters. The van der Waals surface area contributed by atoms with Crippen LogP contribution in [0.15, 0.2) is 34.9 Å². The molecule has 0 aliphatic rings. The maximum Gasteiger partial charge on any atom is 0.301 e. The van der Waals surface area contributed by atoms with Gasteiger partial charge in [-0.3, -0.25) is 15.2 Å². The minimum absolute atomic E-state index is 0.171. The molecule has 0 saturated heterocycles. The third-order valence-electron chi connectivity index (χ3n) is 2.53. The first kappa shape index (κ1) is 10.5. The number of benzene rings is 1. The Hall–Kier alpha value is -2.63. The second-order valence-corrected chi connectivity index (χ2v) is 3.85. The van der Waals surface area contributed by atoms with E-state index in [4.69, 9.17) is 4.42 Å². The van der Waals surface area contributed by atoms with E-state index in [9.17, 15) is 4.79 Å². The molecule has 0 spiro atoms. The molecule has 0 atom stereocenters. The Balaban J connectivity index is 1.92. The summed E-state index contributed by atoms with van der Waals surface area (Å²) in [5.41, 5.74) is 1.13. The molecule has 6 heteroatoms. The Bertz CT molecular complexity index is 714. The molecule has 2 N–H and O–H groups in total. The van der Waals surface area contributed by atoms with Gasteiger partial charge >= 0.3 is 6.01 Å². The van der Waals surface area contributed by atoms with Crippen molar-refractivity contribution in [1.29, 1.82) is 0 Å². The summed E-state index contributed by atoms with van der Waals surface area (Å²) in [4.78, 5) is 15.9. The first-order chi connectivity index (χ1) is 8.74. The Morgan fingerprint density at radius 3 is 3.00 bits per heavy atom. The second-order valence-electron chi connectivity index (χ2n) is 3.85. The fourth-order valence-electron chi connectivity index (χ4n) is 1.71. The molecule has 0 saturated carbocycles. The highest BCUT2D eigenvalue weighted by molar-refractivity contribution is 6.10. The lowest BCUT2D eigenvalue weighted by Gasteiger charge is -1.97. The van der Waals surface area contributed by atoms with E-state index in [0.29, 0.717) is 11.5 Å². The van der Waals surface area contributed by atoms with E-state index >= 15 is 0 Å². The van der Waals surface area contributed by atoms with Crippen LogP contribution in [0.2, 0.25) is 0 Å². The Kier molecular flexibility index (Phi) is 2.33. The van der Waals surface area contributed by atoms with Gasteiger partial charge in [-0.25, -0.2) is 4.98 Å². The van der Waals surface area contributed by atoms with Gasteiger partial charge in [-0.2, -0.15) is 5.10 Å². The molecule has 2 heterocycles. The van der Waals surface area contributed by atoms with Crippen LogP contribution in [0.3, 0.4) is 0 Å². The van der Waals surface area contributed by atoms with E-state index in [1.807, 2.05) is 24.3 Å². The summed E-state index contributed by atoms with van der Waals surface area (Å²) < 4.78 is 5.18. The number of rotatable bonds is 2. The summed E-state index contributed by atoms with van der Waals surface area (Å²) in [5, 5.41) is 10.1. The number of H-pyrrole nitrogens is 1. The summed E-state index contributed by atoms with van der Waals surface area (Å²) >= 11 is 0. The predicted octanol–water partition coefficient (Wildman–Crippen LogP) is 2.11. The molecule has 90 valence electrons. The lowest BCUT2D eigenvalue weighted by atomic mass is 10.2. The number of aromatic nitrogens is 3. The Morgan fingerprint density at radius 1 is 1.39 bits per heavy atom. The number of anilines is 1. The SMILES string of the molecule is Cc1cnc(NC(=O)c2n[nH]c3ccccc23)o1. The van der Waals surface area contributed by atoms with Crippen LogP contribution in [-0.4, -0.2) is 21.1 Å². The largest absolute Gasteiger partial charge is 0.429 e. The minimum Gasteiger partial charge on any atom is -0.429 e. The van der Waals surface area contributed by atoms with Crippen molar-refractivity contribution in [2.24, 2.45) is 0 Å². The molecule has 2 aromatic heterocycles.